The van der Waals surface area contributed by atoms with Crippen LogP contribution in [0.1, 0.15) is 11.1 Å². The Morgan fingerprint density at radius 3 is 2.95 bits per heavy atom. The summed E-state index contributed by atoms with van der Waals surface area (Å²) >= 11 is 3.49. The molecule has 2 N–H and O–H groups in total. The van der Waals surface area contributed by atoms with E-state index in [4.69, 9.17) is 0 Å². The fraction of sp³-hybridized carbons (Fsp3) is 0.429. The summed E-state index contributed by atoms with van der Waals surface area (Å²) in [5.41, 5.74) is 2.39. The first-order valence-electron chi connectivity index (χ1n) is 6.52. The van der Waals surface area contributed by atoms with E-state index >= 15 is 0 Å². The molecular formula is C14H18BrN3O2. The summed E-state index contributed by atoms with van der Waals surface area (Å²) in [7, 11) is 1.67. The van der Waals surface area contributed by atoms with E-state index in [9.17, 15) is 9.59 Å². The van der Waals surface area contributed by atoms with E-state index < -0.39 is 6.04 Å². The van der Waals surface area contributed by atoms with E-state index in [0.29, 0.717) is 13.1 Å². The van der Waals surface area contributed by atoms with Crippen LogP contribution < -0.4 is 10.6 Å². The number of urea groups is 1. The number of amides is 3. The number of nitrogens with zero attached hydrogens (tertiary/aromatic N) is 1. The second-order valence-corrected chi connectivity index (χ2v) is 5.80. The number of hydrogen-bond donors (Lipinski definition) is 2. The fourth-order valence-electron chi connectivity index (χ4n) is 2.18. The Balaban J connectivity index is 1.83. The van der Waals surface area contributed by atoms with Gasteiger partial charge in [0.15, 0.2) is 0 Å². The van der Waals surface area contributed by atoms with Gasteiger partial charge in [0.1, 0.15) is 6.04 Å². The van der Waals surface area contributed by atoms with Crippen molar-refractivity contribution < 1.29 is 9.59 Å². The molecule has 108 valence electrons. The maximum absolute atomic E-state index is 11.9. The standard InChI is InChI=1S/C14H18BrN3O2/c1-9-10(4-3-5-11(9)15)6-7-16-13(19)12-8-18(2)14(20)17-12/h3-5,12H,6-8H2,1-2H3,(H,16,19)(H,17,20). The maximum atomic E-state index is 11.9. The third-order valence-electron chi connectivity index (χ3n) is 3.49. The van der Waals surface area contributed by atoms with Crippen LogP contribution in [-0.4, -0.2) is 43.0 Å². The van der Waals surface area contributed by atoms with Gasteiger partial charge in [-0.1, -0.05) is 28.1 Å². The van der Waals surface area contributed by atoms with Crippen molar-refractivity contribution >= 4 is 27.9 Å². The van der Waals surface area contributed by atoms with Crippen LogP contribution in [-0.2, 0) is 11.2 Å². The molecule has 0 aliphatic carbocycles. The maximum Gasteiger partial charge on any atom is 0.317 e. The lowest BCUT2D eigenvalue weighted by Gasteiger charge is -2.12. The number of hydrogen-bond acceptors (Lipinski definition) is 2. The molecule has 1 heterocycles. The molecular weight excluding hydrogens is 322 g/mol. The Labute approximate surface area is 126 Å². The van der Waals surface area contributed by atoms with Crippen LogP contribution in [0, 0.1) is 6.92 Å². The first-order valence-corrected chi connectivity index (χ1v) is 7.31. The summed E-state index contributed by atoms with van der Waals surface area (Å²) in [6.45, 7) is 3.03. The van der Waals surface area contributed by atoms with E-state index in [1.165, 1.54) is 16.0 Å². The first-order chi connectivity index (χ1) is 9.49. The van der Waals surface area contributed by atoms with E-state index in [-0.39, 0.29) is 11.9 Å². The molecule has 0 bridgehead atoms. The van der Waals surface area contributed by atoms with Gasteiger partial charge in [-0.3, -0.25) is 4.79 Å². The lowest BCUT2D eigenvalue weighted by Crippen LogP contribution is -2.43. The number of carbonyl (C=O) groups excluding carboxylic acids is 2. The van der Waals surface area contributed by atoms with Gasteiger partial charge < -0.3 is 15.5 Å². The normalized spacial score (nSPS) is 18.1. The van der Waals surface area contributed by atoms with Crippen molar-refractivity contribution in [3.05, 3.63) is 33.8 Å². The Kier molecular flexibility index (Phi) is 4.65. The lowest BCUT2D eigenvalue weighted by molar-refractivity contribution is -0.122. The lowest BCUT2D eigenvalue weighted by atomic mass is 10.1. The Morgan fingerprint density at radius 1 is 1.55 bits per heavy atom. The molecule has 20 heavy (non-hydrogen) atoms. The summed E-state index contributed by atoms with van der Waals surface area (Å²) in [4.78, 5) is 24.7. The van der Waals surface area contributed by atoms with E-state index in [1.54, 1.807) is 7.05 Å². The Hall–Kier alpha value is -1.56. The van der Waals surface area contributed by atoms with Crippen molar-refractivity contribution in [2.45, 2.75) is 19.4 Å². The average Bonchev–Trinajstić information content (AvgIpc) is 2.75. The second-order valence-electron chi connectivity index (χ2n) is 4.95. The number of nitrogens with one attached hydrogen (secondary N) is 2. The minimum Gasteiger partial charge on any atom is -0.354 e. The molecule has 0 aromatic heterocycles. The molecule has 1 fully saturated rings. The SMILES string of the molecule is Cc1c(Br)cccc1CCNC(=O)C1CN(C)C(=O)N1. The smallest absolute Gasteiger partial charge is 0.317 e. The van der Waals surface area contributed by atoms with E-state index in [0.717, 1.165) is 10.9 Å². The van der Waals surface area contributed by atoms with Crippen LogP contribution in [0.15, 0.2) is 22.7 Å². The quantitative estimate of drug-likeness (QED) is 0.871. The van der Waals surface area contributed by atoms with Gasteiger partial charge in [-0.25, -0.2) is 4.79 Å². The summed E-state index contributed by atoms with van der Waals surface area (Å²) in [5, 5.41) is 5.51. The van der Waals surface area contributed by atoms with Gasteiger partial charge in [0.05, 0.1) is 6.54 Å². The van der Waals surface area contributed by atoms with Gasteiger partial charge in [0.25, 0.3) is 0 Å². The highest BCUT2D eigenvalue weighted by atomic mass is 79.9. The van der Waals surface area contributed by atoms with Crippen LogP contribution >= 0.6 is 15.9 Å². The summed E-state index contributed by atoms with van der Waals surface area (Å²) in [5.74, 6) is -0.129. The zero-order chi connectivity index (χ0) is 14.7. The monoisotopic (exact) mass is 339 g/mol. The number of benzene rings is 1. The molecule has 2 rings (SSSR count). The highest BCUT2D eigenvalue weighted by Gasteiger charge is 2.30. The van der Waals surface area contributed by atoms with Gasteiger partial charge in [-0.2, -0.15) is 0 Å². The first kappa shape index (κ1) is 14.8. The molecule has 0 spiro atoms. The zero-order valence-electron chi connectivity index (χ0n) is 11.6. The number of carbonyl (C=O) groups is 2. The summed E-state index contributed by atoms with van der Waals surface area (Å²) in [6.07, 6.45) is 0.771. The molecule has 1 atom stereocenters. The van der Waals surface area contributed by atoms with Crippen LogP contribution in [0.3, 0.4) is 0 Å². The minimum atomic E-state index is -0.448. The summed E-state index contributed by atoms with van der Waals surface area (Å²) in [6, 6.07) is 5.39. The van der Waals surface area contributed by atoms with Crippen LogP contribution in [0.2, 0.25) is 0 Å². The minimum absolute atomic E-state index is 0.129. The molecule has 6 heteroatoms. The van der Waals surface area contributed by atoms with Crippen molar-refractivity contribution in [1.29, 1.82) is 0 Å². The van der Waals surface area contributed by atoms with Gasteiger partial charge in [0, 0.05) is 18.1 Å². The number of rotatable bonds is 4. The third-order valence-corrected chi connectivity index (χ3v) is 4.35. The molecule has 1 aromatic rings. The Morgan fingerprint density at radius 2 is 2.30 bits per heavy atom. The van der Waals surface area contributed by atoms with Gasteiger partial charge in [-0.15, -0.1) is 0 Å². The predicted molar refractivity (Wildman–Crippen MR) is 80.5 cm³/mol. The fourth-order valence-corrected chi connectivity index (χ4v) is 2.58. The molecule has 5 nitrogen and oxygen atoms in total. The van der Waals surface area contributed by atoms with Crippen molar-refractivity contribution in [2.24, 2.45) is 0 Å². The number of likely N-dealkylation sites (N-methyl/N-ethyl adjacent to an activating group) is 1. The number of halogens is 1. The second kappa shape index (κ2) is 6.26. The summed E-state index contributed by atoms with van der Waals surface area (Å²) < 4.78 is 1.08. The third kappa shape index (κ3) is 3.30. The van der Waals surface area contributed by atoms with Crippen LogP contribution in [0.25, 0.3) is 0 Å². The highest BCUT2D eigenvalue weighted by molar-refractivity contribution is 9.10. The molecule has 1 aliphatic heterocycles. The van der Waals surface area contributed by atoms with Gasteiger partial charge >= 0.3 is 6.03 Å². The molecule has 1 saturated heterocycles. The molecule has 1 aromatic carbocycles. The largest absolute Gasteiger partial charge is 0.354 e. The molecule has 3 amide bonds. The Bertz CT molecular complexity index is 533. The highest BCUT2D eigenvalue weighted by Crippen LogP contribution is 2.19. The van der Waals surface area contributed by atoms with E-state index in [1.807, 2.05) is 19.1 Å². The van der Waals surface area contributed by atoms with Gasteiger partial charge in [-0.05, 0) is 30.5 Å². The van der Waals surface area contributed by atoms with Gasteiger partial charge in [0.2, 0.25) is 5.91 Å². The van der Waals surface area contributed by atoms with Crippen LogP contribution in [0.5, 0.6) is 0 Å². The average molecular weight is 340 g/mol. The topological polar surface area (TPSA) is 61.4 Å². The van der Waals surface area contributed by atoms with Crippen molar-refractivity contribution in [3.8, 4) is 0 Å². The molecule has 0 saturated carbocycles. The predicted octanol–water partition coefficient (Wildman–Crippen LogP) is 1.44. The van der Waals surface area contributed by atoms with Crippen LogP contribution in [0.4, 0.5) is 4.79 Å². The molecule has 1 unspecified atom stereocenters. The van der Waals surface area contributed by atoms with Crippen molar-refractivity contribution in [2.75, 3.05) is 20.1 Å². The van der Waals surface area contributed by atoms with Crippen molar-refractivity contribution in [3.63, 3.8) is 0 Å². The zero-order valence-corrected chi connectivity index (χ0v) is 13.2. The van der Waals surface area contributed by atoms with E-state index in [2.05, 4.69) is 32.6 Å². The molecule has 0 radical (unpaired) electrons. The molecule has 1 aliphatic rings. The van der Waals surface area contributed by atoms with Crippen molar-refractivity contribution in [1.82, 2.24) is 15.5 Å².